The van der Waals surface area contributed by atoms with Crippen LogP contribution in [0, 0.1) is 6.92 Å². The molecule has 1 N–H and O–H groups in total. The number of carbonyl (C=O) groups excluding carboxylic acids is 1. The maximum Gasteiger partial charge on any atom is 0.251 e. The lowest BCUT2D eigenvalue weighted by atomic mass is 10.0. The van der Waals surface area contributed by atoms with Gasteiger partial charge in [-0.15, -0.1) is 0 Å². The van der Waals surface area contributed by atoms with Crippen LogP contribution in [0.15, 0.2) is 35.5 Å². The smallest absolute Gasteiger partial charge is 0.251 e. The fraction of sp³-hybridized carbons (Fsp3) is 0.267. The van der Waals surface area contributed by atoms with Gasteiger partial charge >= 0.3 is 0 Å². The van der Waals surface area contributed by atoms with E-state index in [0.29, 0.717) is 17.7 Å². The minimum absolute atomic E-state index is 0.0672. The van der Waals surface area contributed by atoms with Crippen LogP contribution in [-0.4, -0.2) is 22.9 Å². The number of aromatic nitrogens is 2. The van der Waals surface area contributed by atoms with E-state index in [9.17, 15) is 9.59 Å². The van der Waals surface area contributed by atoms with E-state index in [4.69, 9.17) is 4.74 Å². The Kier molecular flexibility index (Phi) is 4.42. The Morgan fingerprint density at radius 2 is 2.20 bits per heavy atom. The first-order valence-electron chi connectivity index (χ1n) is 6.25. The third-order valence-corrected chi connectivity index (χ3v) is 2.98. The predicted octanol–water partition coefficient (Wildman–Crippen LogP) is 1.65. The highest BCUT2D eigenvalue weighted by Crippen LogP contribution is 2.11. The number of ketones is 1. The Labute approximate surface area is 116 Å². The fourth-order valence-electron chi connectivity index (χ4n) is 2.02. The number of aryl methyl sites for hydroxylation is 1. The molecule has 0 saturated heterocycles. The second kappa shape index (κ2) is 6.25. The highest BCUT2D eigenvalue weighted by molar-refractivity contribution is 5.98. The fourth-order valence-corrected chi connectivity index (χ4v) is 2.02. The number of nitrogens with zero attached hydrogens (tertiary/aromatic N) is 1. The van der Waals surface area contributed by atoms with E-state index in [-0.39, 0.29) is 17.8 Å². The molecule has 0 fully saturated rings. The number of methoxy groups -OCH3 is 1. The van der Waals surface area contributed by atoms with Gasteiger partial charge in [0, 0.05) is 48.8 Å². The van der Waals surface area contributed by atoms with E-state index in [1.54, 1.807) is 37.8 Å². The van der Waals surface area contributed by atoms with Crippen LogP contribution in [0.1, 0.15) is 27.0 Å². The summed E-state index contributed by atoms with van der Waals surface area (Å²) in [5.74, 6) is -0.115. The molecule has 2 heterocycles. The van der Waals surface area contributed by atoms with E-state index in [1.165, 1.54) is 0 Å². The second-order valence-corrected chi connectivity index (χ2v) is 4.60. The molecule has 0 amide bonds. The molecule has 0 aliphatic heterocycles. The summed E-state index contributed by atoms with van der Waals surface area (Å²) in [5.41, 5.74) is 2.42. The van der Waals surface area contributed by atoms with Gasteiger partial charge in [0.25, 0.3) is 5.56 Å². The molecule has 0 atom stereocenters. The number of rotatable bonds is 5. The molecule has 2 rings (SSSR count). The number of carbonyl (C=O) groups is 1. The second-order valence-electron chi connectivity index (χ2n) is 4.60. The van der Waals surface area contributed by atoms with Crippen LogP contribution in [-0.2, 0) is 17.8 Å². The lowest BCUT2D eigenvalue weighted by Crippen LogP contribution is -2.17. The van der Waals surface area contributed by atoms with E-state index in [0.717, 1.165) is 11.1 Å². The maximum absolute atomic E-state index is 12.3. The van der Waals surface area contributed by atoms with Crippen LogP contribution < -0.4 is 5.56 Å². The molecule has 0 aliphatic rings. The zero-order chi connectivity index (χ0) is 14.5. The Morgan fingerprint density at radius 1 is 1.40 bits per heavy atom. The van der Waals surface area contributed by atoms with Crippen LogP contribution in [0.2, 0.25) is 0 Å². The van der Waals surface area contributed by atoms with Crippen molar-refractivity contribution in [2.24, 2.45) is 0 Å². The molecule has 0 unspecified atom stereocenters. The summed E-state index contributed by atoms with van der Waals surface area (Å²) in [6.07, 6.45) is 4.86. The molecule has 5 heteroatoms. The van der Waals surface area contributed by atoms with Crippen LogP contribution in [0.3, 0.4) is 0 Å². The molecular formula is C15H16N2O3. The Bertz CT molecular complexity index is 677. The predicted molar refractivity (Wildman–Crippen MR) is 74.8 cm³/mol. The monoisotopic (exact) mass is 272 g/mol. The molecule has 0 aromatic carbocycles. The van der Waals surface area contributed by atoms with Gasteiger partial charge in [-0.1, -0.05) is 0 Å². The van der Waals surface area contributed by atoms with Gasteiger partial charge in [0.15, 0.2) is 5.78 Å². The largest absolute Gasteiger partial charge is 0.380 e. The summed E-state index contributed by atoms with van der Waals surface area (Å²) in [6.45, 7) is 2.19. The lowest BCUT2D eigenvalue weighted by Gasteiger charge is -2.07. The SMILES string of the molecule is COCc1cnccc1C(=O)Cc1cc(C)c[nH]c1=O. The number of hydrogen-bond donors (Lipinski definition) is 1. The van der Waals surface area contributed by atoms with Crippen molar-refractivity contribution in [2.75, 3.05) is 7.11 Å². The van der Waals surface area contributed by atoms with Crippen LogP contribution in [0.25, 0.3) is 0 Å². The summed E-state index contributed by atoms with van der Waals surface area (Å²) in [4.78, 5) is 30.6. The summed E-state index contributed by atoms with van der Waals surface area (Å²) >= 11 is 0. The standard InChI is InChI=1S/C15H16N2O3/c1-10-5-11(15(19)17-7-10)6-14(18)13-3-4-16-8-12(13)9-20-2/h3-5,7-8H,6,9H2,1-2H3,(H,17,19). The number of hydrogen-bond acceptors (Lipinski definition) is 4. The number of H-pyrrole nitrogens is 1. The number of ether oxygens (including phenoxy) is 1. The third-order valence-electron chi connectivity index (χ3n) is 2.98. The molecule has 0 spiro atoms. The molecule has 5 nitrogen and oxygen atoms in total. The van der Waals surface area contributed by atoms with Gasteiger partial charge in [-0.2, -0.15) is 0 Å². The van der Waals surface area contributed by atoms with E-state index in [2.05, 4.69) is 9.97 Å². The molecule has 0 radical (unpaired) electrons. The molecule has 20 heavy (non-hydrogen) atoms. The van der Waals surface area contributed by atoms with Crippen molar-refractivity contribution < 1.29 is 9.53 Å². The van der Waals surface area contributed by atoms with Gasteiger partial charge in [-0.05, 0) is 24.6 Å². The average Bonchev–Trinajstić information content (AvgIpc) is 2.44. The number of Topliss-reactive ketones (excluding diaryl/α,β-unsaturated/α-hetero) is 1. The summed E-state index contributed by atoms with van der Waals surface area (Å²) in [5, 5.41) is 0. The van der Waals surface area contributed by atoms with E-state index < -0.39 is 0 Å². The van der Waals surface area contributed by atoms with Crippen LogP contribution in [0.4, 0.5) is 0 Å². The van der Waals surface area contributed by atoms with Gasteiger partial charge in [0.05, 0.1) is 6.61 Å². The minimum Gasteiger partial charge on any atom is -0.380 e. The van der Waals surface area contributed by atoms with Crippen molar-refractivity contribution in [3.63, 3.8) is 0 Å². The number of pyridine rings is 2. The molecule has 2 aromatic heterocycles. The van der Waals surface area contributed by atoms with Crippen LogP contribution in [0.5, 0.6) is 0 Å². The summed E-state index contributed by atoms with van der Waals surface area (Å²) < 4.78 is 5.05. The topological polar surface area (TPSA) is 72.0 Å². The zero-order valence-electron chi connectivity index (χ0n) is 11.5. The Hall–Kier alpha value is -2.27. The third kappa shape index (κ3) is 3.19. The van der Waals surface area contributed by atoms with Crippen molar-refractivity contribution in [1.29, 1.82) is 0 Å². The Morgan fingerprint density at radius 3 is 2.95 bits per heavy atom. The molecule has 0 saturated carbocycles. The van der Waals surface area contributed by atoms with Gasteiger partial charge in [0.2, 0.25) is 0 Å². The van der Waals surface area contributed by atoms with Crippen molar-refractivity contribution >= 4 is 5.78 Å². The van der Waals surface area contributed by atoms with Gasteiger partial charge in [-0.25, -0.2) is 0 Å². The first-order chi connectivity index (χ1) is 9.61. The first kappa shape index (κ1) is 14.1. The van der Waals surface area contributed by atoms with Crippen molar-refractivity contribution in [3.8, 4) is 0 Å². The zero-order valence-corrected chi connectivity index (χ0v) is 11.5. The quantitative estimate of drug-likeness (QED) is 0.840. The summed E-state index contributed by atoms with van der Waals surface area (Å²) in [6, 6.07) is 3.38. The molecule has 0 aliphatic carbocycles. The molecular weight excluding hydrogens is 256 g/mol. The van der Waals surface area contributed by atoms with Gasteiger partial charge in [-0.3, -0.25) is 14.6 Å². The van der Waals surface area contributed by atoms with E-state index in [1.807, 2.05) is 6.92 Å². The number of aromatic amines is 1. The minimum atomic E-state index is -0.230. The summed E-state index contributed by atoms with van der Waals surface area (Å²) in [7, 11) is 1.56. The average molecular weight is 272 g/mol. The number of nitrogens with one attached hydrogen (secondary N) is 1. The highest BCUT2D eigenvalue weighted by atomic mass is 16.5. The van der Waals surface area contributed by atoms with Gasteiger partial charge < -0.3 is 9.72 Å². The Balaban J connectivity index is 2.28. The highest BCUT2D eigenvalue weighted by Gasteiger charge is 2.14. The van der Waals surface area contributed by atoms with Crippen molar-refractivity contribution in [3.05, 3.63) is 63.3 Å². The first-order valence-corrected chi connectivity index (χ1v) is 6.25. The molecule has 104 valence electrons. The molecule has 2 aromatic rings. The van der Waals surface area contributed by atoms with Crippen molar-refractivity contribution in [2.45, 2.75) is 20.0 Å². The van der Waals surface area contributed by atoms with E-state index >= 15 is 0 Å². The van der Waals surface area contributed by atoms with Gasteiger partial charge in [0.1, 0.15) is 0 Å². The molecule has 0 bridgehead atoms. The van der Waals surface area contributed by atoms with Crippen LogP contribution >= 0.6 is 0 Å². The normalized spacial score (nSPS) is 10.5. The van der Waals surface area contributed by atoms with Crippen molar-refractivity contribution in [1.82, 2.24) is 9.97 Å². The lowest BCUT2D eigenvalue weighted by molar-refractivity contribution is 0.0987. The maximum atomic E-state index is 12.3.